The first-order valence-electron chi connectivity index (χ1n) is 3.93. The summed E-state index contributed by atoms with van der Waals surface area (Å²) in [6.45, 7) is 1.02. The van der Waals surface area contributed by atoms with Crippen LogP contribution in [0.2, 0.25) is 0 Å². The summed E-state index contributed by atoms with van der Waals surface area (Å²) in [6, 6.07) is 0. The SMILES string of the molecule is CNCCCC([SiH3])(OC)OC. The van der Waals surface area contributed by atoms with Crippen LogP contribution in [0.4, 0.5) is 0 Å². The normalized spacial score (nSPS) is 12.3. The number of nitrogens with one attached hydrogen (secondary N) is 1. The molecule has 4 heteroatoms. The van der Waals surface area contributed by atoms with Gasteiger partial charge in [-0.3, -0.25) is 0 Å². The van der Waals surface area contributed by atoms with Crippen LogP contribution in [0.5, 0.6) is 0 Å². The lowest BCUT2D eigenvalue weighted by atomic mass is 10.3. The van der Waals surface area contributed by atoms with E-state index in [2.05, 4.69) is 5.32 Å². The number of ether oxygens (including phenoxy) is 2. The fourth-order valence-electron chi connectivity index (χ4n) is 0.874. The smallest absolute Gasteiger partial charge is 0.140 e. The third kappa shape index (κ3) is 4.52. The van der Waals surface area contributed by atoms with Crippen LogP contribution in [0.25, 0.3) is 0 Å². The first-order chi connectivity index (χ1) is 5.18. The van der Waals surface area contributed by atoms with Crippen molar-refractivity contribution >= 4 is 10.2 Å². The van der Waals surface area contributed by atoms with Gasteiger partial charge in [-0.25, -0.2) is 0 Å². The van der Waals surface area contributed by atoms with Gasteiger partial charge in [0, 0.05) is 14.2 Å². The Hall–Kier alpha value is 0.0969. The van der Waals surface area contributed by atoms with Crippen molar-refractivity contribution in [1.82, 2.24) is 5.32 Å². The van der Waals surface area contributed by atoms with Crippen molar-refractivity contribution in [2.24, 2.45) is 0 Å². The van der Waals surface area contributed by atoms with Crippen LogP contribution in [0, 0.1) is 0 Å². The molecule has 0 aliphatic rings. The molecule has 0 unspecified atom stereocenters. The number of methoxy groups -OCH3 is 2. The first kappa shape index (κ1) is 11.1. The predicted molar refractivity (Wildman–Crippen MR) is 49.8 cm³/mol. The molecule has 0 radical (unpaired) electrons. The van der Waals surface area contributed by atoms with Gasteiger partial charge in [0.15, 0.2) is 0 Å². The van der Waals surface area contributed by atoms with Gasteiger partial charge in [0.05, 0.1) is 10.2 Å². The molecule has 0 aromatic carbocycles. The van der Waals surface area contributed by atoms with Gasteiger partial charge in [0.1, 0.15) is 5.41 Å². The molecule has 0 atom stereocenters. The van der Waals surface area contributed by atoms with Crippen LogP contribution < -0.4 is 5.32 Å². The average molecular weight is 177 g/mol. The minimum atomic E-state index is -0.267. The van der Waals surface area contributed by atoms with Crippen molar-refractivity contribution in [3.05, 3.63) is 0 Å². The van der Waals surface area contributed by atoms with Crippen LogP contribution >= 0.6 is 0 Å². The van der Waals surface area contributed by atoms with E-state index in [9.17, 15) is 0 Å². The zero-order chi connectivity index (χ0) is 8.74. The molecule has 0 aromatic heterocycles. The minimum Gasteiger partial charge on any atom is -0.358 e. The van der Waals surface area contributed by atoms with E-state index in [0.717, 1.165) is 29.6 Å². The van der Waals surface area contributed by atoms with E-state index in [4.69, 9.17) is 9.47 Å². The molecule has 0 saturated heterocycles. The predicted octanol–water partition coefficient (Wildman–Crippen LogP) is -0.702. The van der Waals surface area contributed by atoms with Crippen molar-refractivity contribution in [1.29, 1.82) is 0 Å². The summed E-state index contributed by atoms with van der Waals surface area (Å²) in [5.74, 6) is 0. The van der Waals surface area contributed by atoms with Crippen LogP contribution in [-0.4, -0.2) is 43.5 Å². The molecule has 1 N–H and O–H groups in total. The van der Waals surface area contributed by atoms with E-state index in [1.807, 2.05) is 7.05 Å². The maximum Gasteiger partial charge on any atom is 0.140 e. The summed E-state index contributed by atoms with van der Waals surface area (Å²) in [6.07, 6.45) is 2.08. The monoisotopic (exact) mass is 177 g/mol. The Morgan fingerprint density at radius 3 is 2.27 bits per heavy atom. The molecule has 0 aliphatic heterocycles. The third-order valence-electron chi connectivity index (χ3n) is 1.92. The van der Waals surface area contributed by atoms with Gasteiger partial charge in [-0.15, -0.1) is 0 Å². The molecule has 0 spiro atoms. The summed E-state index contributed by atoms with van der Waals surface area (Å²) in [5.41, 5.74) is -0.267. The fourth-order valence-corrected chi connectivity index (χ4v) is 1.23. The van der Waals surface area contributed by atoms with E-state index in [1.165, 1.54) is 0 Å². The fraction of sp³-hybridized carbons (Fsp3) is 1.00. The molecule has 3 nitrogen and oxygen atoms in total. The largest absolute Gasteiger partial charge is 0.358 e. The van der Waals surface area contributed by atoms with Crippen molar-refractivity contribution in [3.63, 3.8) is 0 Å². The van der Waals surface area contributed by atoms with Crippen molar-refractivity contribution in [2.45, 2.75) is 18.3 Å². The van der Waals surface area contributed by atoms with Crippen LogP contribution in [-0.2, 0) is 9.47 Å². The summed E-state index contributed by atoms with van der Waals surface area (Å²) in [5, 5.41) is 3.09. The lowest BCUT2D eigenvalue weighted by molar-refractivity contribution is -0.146. The maximum atomic E-state index is 5.25. The van der Waals surface area contributed by atoms with Crippen molar-refractivity contribution in [2.75, 3.05) is 27.8 Å². The van der Waals surface area contributed by atoms with E-state index < -0.39 is 0 Å². The molecule has 0 rings (SSSR count). The zero-order valence-electron chi connectivity index (χ0n) is 7.94. The Labute approximate surface area is 71.9 Å². The molecule has 0 bridgehead atoms. The molecule has 0 heterocycles. The topological polar surface area (TPSA) is 30.5 Å². The van der Waals surface area contributed by atoms with Gasteiger partial charge in [0.25, 0.3) is 0 Å². The lowest BCUT2D eigenvalue weighted by Crippen LogP contribution is -2.34. The Balaban J connectivity index is 3.51. The van der Waals surface area contributed by atoms with Crippen LogP contribution in [0.15, 0.2) is 0 Å². The Morgan fingerprint density at radius 2 is 1.91 bits per heavy atom. The highest BCUT2D eigenvalue weighted by Gasteiger charge is 2.20. The van der Waals surface area contributed by atoms with Gasteiger partial charge in [-0.1, -0.05) is 0 Å². The quantitative estimate of drug-likeness (QED) is 0.330. The summed E-state index contributed by atoms with van der Waals surface area (Å²) >= 11 is 0. The Kier molecular flexibility index (Phi) is 5.76. The second-order valence-corrected chi connectivity index (χ2v) is 4.27. The average Bonchev–Trinajstić information content (AvgIpc) is 2.05. The lowest BCUT2D eigenvalue weighted by Gasteiger charge is -2.26. The second kappa shape index (κ2) is 5.71. The number of rotatable bonds is 6. The highest BCUT2D eigenvalue weighted by Crippen LogP contribution is 2.12. The van der Waals surface area contributed by atoms with Gasteiger partial charge in [-0.2, -0.15) is 0 Å². The van der Waals surface area contributed by atoms with Crippen molar-refractivity contribution in [3.8, 4) is 0 Å². The molecule has 68 valence electrons. The molecular weight excluding hydrogens is 158 g/mol. The summed E-state index contributed by atoms with van der Waals surface area (Å²) in [7, 11) is 6.28. The summed E-state index contributed by atoms with van der Waals surface area (Å²) in [4.78, 5) is 0. The highest BCUT2D eigenvalue weighted by molar-refractivity contribution is 6.13. The Morgan fingerprint density at radius 1 is 1.36 bits per heavy atom. The van der Waals surface area contributed by atoms with Gasteiger partial charge < -0.3 is 14.8 Å². The standard InChI is InChI=1S/C7H19NO2Si/c1-8-6-4-5-7(11,9-2)10-3/h8H,4-6H2,1-3,11H3. The van der Waals surface area contributed by atoms with E-state index >= 15 is 0 Å². The van der Waals surface area contributed by atoms with Gasteiger partial charge in [-0.05, 0) is 26.4 Å². The molecule has 11 heavy (non-hydrogen) atoms. The first-order valence-corrected chi connectivity index (χ1v) is 4.93. The number of hydrogen-bond acceptors (Lipinski definition) is 3. The van der Waals surface area contributed by atoms with E-state index in [-0.39, 0.29) is 5.41 Å². The second-order valence-electron chi connectivity index (χ2n) is 2.75. The van der Waals surface area contributed by atoms with Crippen LogP contribution in [0.1, 0.15) is 12.8 Å². The molecule has 0 amide bonds. The minimum absolute atomic E-state index is 0.267. The zero-order valence-corrected chi connectivity index (χ0v) is 9.94. The molecular formula is C7H19NO2Si. The van der Waals surface area contributed by atoms with Crippen molar-refractivity contribution < 1.29 is 9.47 Å². The summed E-state index contributed by atoms with van der Waals surface area (Å²) < 4.78 is 10.5. The van der Waals surface area contributed by atoms with E-state index in [1.54, 1.807) is 14.2 Å². The van der Waals surface area contributed by atoms with Crippen LogP contribution in [0.3, 0.4) is 0 Å². The molecule has 0 aromatic rings. The number of hydrogen-bond donors (Lipinski definition) is 1. The van der Waals surface area contributed by atoms with Gasteiger partial charge >= 0.3 is 0 Å². The maximum absolute atomic E-state index is 5.25. The highest BCUT2D eigenvalue weighted by atomic mass is 28.1. The molecule has 0 saturated carbocycles. The van der Waals surface area contributed by atoms with E-state index in [0.29, 0.717) is 0 Å². The molecule has 0 aliphatic carbocycles. The van der Waals surface area contributed by atoms with Gasteiger partial charge in [0.2, 0.25) is 0 Å². The third-order valence-corrected chi connectivity index (χ3v) is 3.24. The molecule has 0 fully saturated rings. The Bertz CT molecular complexity index is 96.4.